The molecule has 0 aliphatic carbocycles. The van der Waals surface area contributed by atoms with Gasteiger partial charge in [-0.15, -0.1) is 0 Å². The highest BCUT2D eigenvalue weighted by molar-refractivity contribution is 9.10. The molecule has 0 bridgehead atoms. The van der Waals surface area contributed by atoms with E-state index < -0.39 is 28.5 Å². The molecular formula is C28H31BrClN3O4S. The molecule has 10 heteroatoms. The molecule has 3 rings (SSSR count). The van der Waals surface area contributed by atoms with Crippen LogP contribution in [0.1, 0.15) is 24.5 Å². The minimum Gasteiger partial charge on any atom is -0.354 e. The Kier molecular flexibility index (Phi) is 10.8. The average molecular weight is 621 g/mol. The first kappa shape index (κ1) is 29.7. The SMILES string of the molecule is CCCNC(=O)[C@H](Cc1ccccc1)N(Cc1ccc(Cl)cc1)C(=O)CN(c1ccc(Br)cc1)S(C)(=O)=O. The number of hydrogen-bond donors (Lipinski definition) is 1. The van der Waals surface area contributed by atoms with Gasteiger partial charge >= 0.3 is 0 Å². The molecule has 0 aliphatic rings. The molecule has 0 aromatic heterocycles. The fourth-order valence-electron chi connectivity index (χ4n) is 3.93. The first-order valence-electron chi connectivity index (χ1n) is 12.2. The molecule has 3 aromatic rings. The van der Waals surface area contributed by atoms with Crippen molar-refractivity contribution >= 4 is 55.1 Å². The highest BCUT2D eigenvalue weighted by Crippen LogP contribution is 2.23. The predicted octanol–water partition coefficient (Wildman–Crippen LogP) is 5.03. The summed E-state index contributed by atoms with van der Waals surface area (Å²) >= 11 is 9.42. The lowest BCUT2D eigenvalue weighted by Gasteiger charge is -2.33. The third-order valence-corrected chi connectivity index (χ3v) is 7.80. The zero-order chi connectivity index (χ0) is 27.7. The molecule has 0 saturated heterocycles. The van der Waals surface area contributed by atoms with Gasteiger partial charge in [0.25, 0.3) is 0 Å². The summed E-state index contributed by atoms with van der Waals surface area (Å²) in [6.45, 7) is 2.05. The summed E-state index contributed by atoms with van der Waals surface area (Å²) in [5.41, 5.74) is 2.00. The third-order valence-electron chi connectivity index (χ3n) is 5.88. The molecule has 1 N–H and O–H groups in total. The van der Waals surface area contributed by atoms with Gasteiger partial charge < -0.3 is 10.2 Å². The Morgan fingerprint density at radius 1 is 0.947 bits per heavy atom. The van der Waals surface area contributed by atoms with E-state index in [4.69, 9.17) is 11.6 Å². The van der Waals surface area contributed by atoms with Gasteiger partial charge in [0.1, 0.15) is 12.6 Å². The van der Waals surface area contributed by atoms with E-state index >= 15 is 0 Å². The van der Waals surface area contributed by atoms with Crippen LogP contribution in [0, 0.1) is 0 Å². The van der Waals surface area contributed by atoms with Crippen molar-refractivity contribution in [3.05, 3.63) is 99.5 Å². The summed E-state index contributed by atoms with van der Waals surface area (Å²) < 4.78 is 27.3. The van der Waals surface area contributed by atoms with Crippen LogP contribution >= 0.6 is 27.5 Å². The lowest BCUT2D eigenvalue weighted by molar-refractivity contribution is -0.140. The van der Waals surface area contributed by atoms with Gasteiger partial charge in [-0.1, -0.05) is 76.9 Å². The number of carbonyl (C=O) groups excluding carboxylic acids is 2. The Labute approximate surface area is 238 Å². The Morgan fingerprint density at radius 2 is 1.58 bits per heavy atom. The molecule has 0 unspecified atom stereocenters. The zero-order valence-electron chi connectivity index (χ0n) is 21.3. The highest BCUT2D eigenvalue weighted by Gasteiger charge is 2.32. The summed E-state index contributed by atoms with van der Waals surface area (Å²) in [5.74, 6) is -0.798. The Bertz CT molecular complexity index is 1320. The van der Waals surface area contributed by atoms with Gasteiger partial charge in [-0.25, -0.2) is 8.42 Å². The normalized spacial score (nSPS) is 12.0. The van der Waals surface area contributed by atoms with Crippen molar-refractivity contribution < 1.29 is 18.0 Å². The van der Waals surface area contributed by atoms with E-state index in [0.29, 0.717) is 17.3 Å². The molecule has 0 aliphatic heterocycles. The van der Waals surface area contributed by atoms with E-state index in [-0.39, 0.29) is 18.9 Å². The molecule has 0 spiro atoms. The van der Waals surface area contributed by atoms with Crippen LogP contribution < -0.4 is 9.62 Å². The molecule has 0 radical (unpaired) electrons. The van der Waals surface area contributed by atoms with Crippen molar-refractivity contribution in [1.29, 1.82) is 0 Å². The number of rotatable bonds is 12. The highest BCUT2D eigenvalue weighted by atomic mass is 79.9. The number of hydrogen-bond acceptors (Lipinski definition) is 4. The van der Waals surface area contributed by atoms with Crippen molar-refractivity contribution in [2.75, 3.05) is 23.7 Å². The van der Waals surface area contributed by atoms with Crippen LogP contribution in [0.3, 0.4) is 0 Å². The molecule has 7 nitrogen and oxygen atoms in total. The van der Waals surface area contributed by atoms with Crippen molar-refractivity contribution in [3.8, 4) is 0 Å². The smallest absolute Gasteiger partial charge is 0.244 e. The van der Waals surface area contributed by atoms with Gasteiger partial charge in [-0.3, -0.25) is 13.9 Å². The minimum absolute atomic E-state index is 0.102. The molecule has 3 aromatic carbocycles. The lowest BCUT2D eigenvalue weighted by Crippen LogP contribution is -2.53. The van der Waals surface area contributed by atoms with E-state index in [1.165, 1.54) is 4.90 Å². The molecule has 2 amide bonds. The summed E-state index contributed by atoms with van der Waals surface area (Å²) in [5, 5.41) is 3.46. The van der Waals surface area contributed by atoms with Crippen molar-refractivity contribution in [1.82, 2.24) is 10.2 Å². The van der Waals surface area contributed by atoms with Crippen LogP contribution in [0.25, 0.3) is 0 Å². The van der Waals surface area contributed by atoms with Crippen LogP contribution in [0.2, 0.25) is 5.02 Å². The van der Waals surface area contributed by atoms with E-state index in [2.05, 4.69) is 21.2 Å². The van der Waals surface area contributed by atoms with Gasteiger partial charge in [0.05, 0.1) is 11.9 Å². The van der Waals surface area contributed by atoms with Gasteiger partial charge in [0, 0.05) is 29.0 Å². The van der Waals surface area contributed by atoms with Gasteiger partial charge in [0.2, 0.25) is 21.8 Å². The number of amides is 2. The Balaban J connectivity index is 2.02. The fourth-order valence-corrected chi connectivity index (χ4v) is 5.17. The topological polar surface area (TPSA) is 86.8 Å². The van der Waals surface area contributed by atoms with Gasteiger partial charge in [-0.05, 0) is 53.9 Å². The number of nitrogens with one attached hydrogen (secondary N) is 1. The number of carbonyl (C=O) groups is 2. The van der Waals surface area contributed by atoms with Crippen molar-refractivity contribution in [2.45, 2.75) is 32.4 Å². The van der Waals surface area contributed by atoms with Crippen LogP contribution in [0.15, 0.2) is 83.3 Å². The Hall–Kier alpha value is -2.88. The number of nitrogens with zero attached hydrogens (tertiary/aromatic N) is 2. The Morgan fingerprint density at radius 3 is 2.16 bits per heavy atom. The zero-order valence-corrected chi connectivity index (χ0v) is 24.5. The second kappa shape index (κ2) is 13.8. The van der Waals surface area contributed by atoms with Crippen molar-refractivity contribution in [2.24, 2.45) is 0 Å². The monoisotopic (exact) mass is 619 g/mol. The molecule has 202 valence electrons. The van der Waals surface area contributed by atoms with E-state index in [0.717, 1.165) is 32.6 Å². The molecule has 0 saturated carbocycles. The van der Waals surface area contributed by atoms with E-state index in [1.807, 2.05) is 37.3 Å². The van der Waals surface area contributed by atoms with Crippen LogP contribution in [0.4, 0.5) is 5.69 Å². The van der Waals surface area contributed by atoms with E-state index in [9.17, 15) is 18.0 Å². The molecular weight excluding hydrogens is 590 g/mol. The van der Waals surface area contributed by atoms with Crippen LogP contribution in [0.5, 0.6) is 0 Å². The number of sulfonamides is 1. The van der Waals surface area contributed by atoms with Crippen LogP contribution in [-0.4, -0.2) is 50.5 Å². The van der Waals surface area contributed by atoms with Crippen LogP contribution in [-0.2, 0) is 32.6 Å². The predicted molar refractivity (Wildman–Crippen MR) is 156 cm³/mol. The number of benzene rings is 3. The maximum atomic E-state index is 13.9. The third kappa shape index (κ3) is 8.58. The van der Waals surface area contributed by atoms with Crippen molar-refractivity contribution in [3.63, 3.8) is 0 Å². The molecule has 1 atom stereocenters. The lowest BCUT2D eigenvalue weighted by atomic mass is 10.0. The molecule has 0 fully saturated rings. The van der Waals surface area contributed by atoms with Gasteiger partial charge in [0.15, 0.2) is 0 Å². The second-order valence-electron chi connectivity index (χ2n) is 8.89. The summed E-state index contributed by atoms with van der Waals surface area (Å²) in [6.07, 6.45) is 2.06. The quantitative estimate of drug-likeness (QED) is 0.308. The summed E-state index contributed by atoms with van der Waals surface area (Å²) in [7, 11) is -3.80. The molecule has 38 heavy (non-hydrogen) atoms. The first-order valence-corrected chi connectivity index (χ1v) is 15.2. The maximum Gasteiger partial charge on any atom is 0.244 e. The standard InChI is InChI=1S/C28H31BrClN3O4S/c1-3-17-31-28(35)26(18-21-7-5-4-6-8-21)32(19-22-9-13-24(30)14-10-22)27(34)20-33(38(2,36)37)25-15-11-23(29)12-16-25/h4-16,26H,3,17-20H2,1-2H3,(H,31,35)/t26-/m0/s1. The summed E-state index contributed by atoms with van der Waals surface area (Å²) in [6, 6.07) is 22.2. The van der Waals surface area contributed by atoms with E-state index in [1.54, 1.807) is 48.5 Å². The minimum atomic E-state index is -3.80. The molecule has 0 heterocycles. The first-order chi connectivity index (χ1) is 18.1. The van der Waals surface area contributed by atoms with Gasteiger partial charge in [-0.2, -0.15) is 0 Å². The average Bonchev–Trinajstić information content (AvgIpc) is 2.89. The number of halogens is 2. The largest absolute Gasteiger partial charge is 0.354 e. The summed E-state index contributed by atoms with van der Waals surface area (Å²) in [4.78, 5) is 28.8. The second-order valence-corrected chi connectivity index (χ2v) is 12.1. The fraction of sp³-hybridized carbons (Fsp3) is 0.286. The number of anilines is 1. The maximum absolute atomic E-state index is 13.9.